The van der Waals surface area contributed by atoms with Crippen LogP contribution >= 0.6 is 11.6 Å². The lowest BCUT2D eigenvalue weighted by molar-refractivity contribution is -0.121. The molecule has 0 bridgehead atoms. The predicted octanol–water partition coefficient (Wildman–Crippen LogP) is 2.24. The first-order chi connectivity index (χ1) is 12.0. The van der Waals surface area contributed by atoms with E-state index in [0.29, 0.717) is 17.1 Å². The predicted molar refractivity (Wildman–Crippen MR) is 98.8 cm³/mol. The molecule has 1 aromatic heterocycles. The molecule has 0 fully saturated rings. The Labute approximate surface area is 152 Å². The number of rotatable bonds is 7. The maximum absolute atomic E-state index is 11.9. The molecule has 25 heavy (non-hydrogen) atoms. The third kappa shape index (κ3) is 5.76. The Morgan fingerprint density at radius 1 is 1.12 bits per heavy atom. The molecule has 0 unspecified atom stereocenters. The monoisotopic (exact) mass is 360 g/mol. The minimum absolute atomic E-state index is 0.134. The normalized spacial score (nSPS) is 10.2. The van der Waals surface area contributed by atoms with Crippen molar-refractivity contribution in [3.8, 4) is 0 Å². The van der Waals surface area contributed by atoms with Gasteiger partial charge in [0, 0.05) is 56.0 Å². The van der Waals surface area contributed by atoms with Crippen LogP contribution in [0.25, 0.3) is 0 Å². The van der Waals surface area contributed by atoms with E-state index in [0.717, 1.165) is 11.4 Å². The van der Waals surface area contributed by atoms with Crippen LogP contribution in [-0.4, -0.2) is 37.4 Å². The first-order valence-corrected chi connectivity index (χ1v) is 8.27. The average Bonchev–Trinajstić information content (AvgIpc) is 2.60. The third-order valence-corrected chi connectivity index (χ3v) is 3.76. The van der Waals surface area contributed by atoms with E-state index >= 15 is 0 Å². The minimum atomic E-state index is -0.230. The fourth-order valence-corrected chi connectivity index (χ4v) is 2.37. The summed E-state index contributed by atoms with van der Waals surface area (Å²) in [4.78, 5) is 30.1. The molecule has 2 amide bonds. The second-order valence-electron chi connectivity index (χ2n) is 5.67. The summed E-state index contributed by atoms with van der Waals surface area (Å²) in [5.74, 6) is 0.454. The van der Waals surface area contributed by atoms with Crippen LogP contribution in [0, 0.1) is 0 Å². The summed E-state index contributed by atoms with van der Waals surface area (Å²) >= 11 is 5.79. The van der Waals surface area contributed by atoms with E-state index in [4.69, 9.17) is 11.6 Å². The number of nitrogens with zero attached hydrogens (tertiary/aromatic N) is 2. The molecule has 1 heterocycles. The van der Waals surface area contributed by atoms with Crippen LogP contribution in [0.1, 0.15) is 22.3 Å². The number of pyridine rings is 1. The molecule has 2 rings (SSSR count). The van der Waals surface area contributed by atoms with Gasteiger partial charge in [-0.1, -0.05) is 17.7 Å². The minimum Gasteiger partial charge on any atom is -0.362 e. The Balaban J connectivity index is 1.76. The fraction of sp³-hybridized carbons (Fsp3) is 0.278. The summed E-state index contributed by atoms with van der Waals surface area (Å²) in [6.07, 6.45) is 1.92. The second kappa shape index (κ2) is 9.03. The van der Waals surface area contributed by atoms with E-state index in [1.54, 1.807) is 30.5 Å². The van der Waals surface area contributed by atoms with E-state index in [2.05, 4.69) is 15.6 Å². The molecule has 0 aliphatic heterocycles. The zero-order valence-corrected chi connectivity index (χ0v) is 15.0. The molecular weight excluding hydrogens is 340 g/mol. The summed E-state index contributed by atoms with van der Waals surface area (Å²) in [6, 6.07) is 10.3. The first-order valence-electron chi connectivity index (χ1n) is 7.89. The van der Waals surface area contributed by atoms with Crippen molar-refractivity contribution in [2.24, 2.45) is 0 Å². The number of carbonyl (C=O) groups excluding carboxylic acids is 2. The fourth-order valence-electron chi connectivity index (χ4n) is 2.25. The maximum atomic E-state index is 11.9. The van der Waals surface area contributed by atoms with Gasteiger partial charge in [-0.2, -0.15) is 0 Å². The molecule has 0 aliphatic carbocycles. The number of carbonyl (C=O) groups is 2. The van der Waals surface area contributed by atoms with Crippen molar-refractivity contribution < 1.29 is 9.59 Å². The Morgan fingerprint density at radius 3 is 2.52 bits per heavy atom. The highest BCUT2D eigenvalue weighted by Gasteiger charge is 2.09. The zero-order valence-electron chi connectivity index (χ0n) is 14.3. The number of aromatic nitrogens is 1. The van der Waals surface area contributed by atoms with Crippen molar-refractivity contribution in [1.82, 2.24) is 15.6 Å². The van der Waals surface area contributed by atoms with Crippen LogP contribution in [0.5, 0.6) is 0 Å². The van der Waals surface area contributed by atoms with Crippen LogP contribution in [0.3, 0.4) is 0 Å². The highest BCUT2D eigenvalue weighted by atomic mass is 35.5. The van der Waals surface area contributed by atoms with Crippen LogP contribution in [-0.2, 0) is 11.3 Å². The lowest BCUT2D eigenvalue weighted by Gasteiger charge is -2.16. The van der Waals surface area contributed by atoms with Gasteiger partial charge >= 0.3 is 0 Å². The van der Waals surface area contributed by atoms with Gasteiger partial charge in [0.05, 0.1) is 0 Å². The van der Waals surface area contributed by atoms with Crippen molar-refractivity contribution in [1.29, 1.82) is 0 Å². The van der Waals surface area contributed by atoms with Crippen molar-refractivity contribution in [2.75, 3.05) is 25.5 Å². The van der Waals surface area contributed by atoms with Crippen LogP contribution < -0.4 is 15.5 Å². The summed E-state index contributed by atoms with van der Waals surface area (Å²) < 4.78 is 0. The van der Waals surface area contributed by atoms with Gasteiger partial charge in [0.15, 0.2) is 0 Å². The SMILES string of the molecule is CN(C)c1ncccc1CNC(=O)CCNC(=O)c1ccc(Cl)cc1. The quantitative estimate of drug-likeness (QED) is 0.794. The molecule has 0 saturated carbocycles. The summed E-state index contributed by atoms with van der Waals surface area (Å²) in [7, 11) is 3.81. The topological polar surface area (TPSA) is 74.3 Å². The molecule has 0 radical (unpaired) electrons. The van der Waals surface area contributed by atoms with Gasteiger partial charge in [0.2, 0.25) is 5.91 Å². The van der Waals surface area contributed by atoms with Crippen molar-refractivity contribution in [3.63, 3.8) is 0 Å². The average molecular weight is 361 g/mol. The van der Waals surface area contributed by atoms with E-state index in [-0.39, 0.29) is 24.8 Å². The maximum Gasteiger partial charge on any atom is 0.251 e. The van der Waals surface area contributed by atoms with E-state index in [1.807, 2.05) is 31.1 Å². The van der Waals surface area contributed by atoms with Gasteiger partial charge in [-0.15, -0.1) is 0 Å². The van der Waals surface area contributed by atoms with E-state index in [9.17, 15) is 9.59 Å². The number of anilines is 1. The summed E-state index contributed by atoms with van der Waals surface area (Å²) in [5, 5.41) is 6.13. The number of amides is 2. The standard InChI is InChI=1S/C18H21ClN4O2/c1-23(2)17-14(4-3-10-20-17)12-22-16(24)9-11-21-18(25)13-5-7-15(19)8-6-13/h3-8,10H,9,11-12H2,1-2H3,(H,21,25)(H,22,24). The number of hydrogen-bond acceptors (Lipinski definition) is 4. The Hall–Kier alpha value is -2.60. The zero-order chi connectivity index (χ0) is 18.2. The number of halogens is 1. The molecule has 2 N–H and O–H groups in total. The Kier molecular flexibility index (Phi) is 6.77. The van der Waals surface area contributed by atoms with Gasteiger partial charge in [-0.05, 0) is 30.3 Å². The number of hydrogen-bond donors (Lipinski definition) is 2. The van der Waals surface area contributed by atoms with Gasteiger partial charge < -0.3 is 15.5 Å². The van der Waals surface area contributed by atoms with Gasteiger partial charge in [0.25, 0.3) is 5.91 Å². The summed E-state index contributed by atoms with van der Waals surface area (Å²) in [5.41, 5.74) is 1.45. The van der Waals surface area contributed by atoms with E-state index in [1.165, 1.54) is 0 Å². The first kappa shape index (κ1) is 18.7. The smallest absolute Gasteiger partial charge is 0.251 e. The lowest BCUT2D eigenvalue weighted by atomic mass is 10.2. The van der Waals surface area contributed by atoms with E-state index < -0.39 is 0 Å². The van der Waals surface area contributed by atoms with Gasteiger partial charge in [0.1, 0.15) is 5.82 Å². The van der Waals surface area contributed by atoms with Crippen molar-refractivity contribution >= 4 is 29.2 Å². The molecule has 0 atom stereocenters. The Bertz CT molecular complexity index is 732. The van der Waals surface area contributed by atoms with Crippen molar-refractivity contribution in [2.45, 2.75) is 13.0 Å². The van der Waals surface area contributed by atoms with Crippen LogP contribution in [0.4, 0.5) is 5.82 Å². The number of nitrogens with one attached hydrogen (secondary N) is 2. The molecular formula is C18H21ClN4O2. The van der Waals surface area contributed by atoms with Crippen LogP contribution in [0.2, 0.25) is 5.02 Å². The molecule has 0 spiro atoms. The Morgan fingerprint density at radius 2 is 1.84 bits per heavy atom. The molecule has 132 valence electrons. The highest BCUT2D eigenvalue weighted by molar-refractivity contribution is 6.30. The van der Waals surface area contributed by atoms with Gasteiger partial charge in [-0.25, -0.2) is 4.98 Å². The molecule has 0 aliphatic rings. The summed E-state index contributed by atoms with van der Waals surface area (Å²) in [6.45, 7) is 0.659. The largest absolute Gasteiger partial charge is 0.362 e. The number of benzene rings is 1. The lowest BCUT2D eigenvalue weighted by Crippen LogP contribution is -2.30. The molecule has 7 heteroatoms. The molecule has 0 saturated heterocycles. The highest BCUT2D eigenvalue weighted by Crippen LogP contribution is 2.13. The van der Waals surface area contributed by atoms with Crippen molar-refractivity contribution in [3.05, 3.63) is 58.7 Å². The molecule has 6 nitrogen and oxygen atoms in total. The second-order valence-corrected chi connectivity index (χ2v) is 6.11. The molecule has 2 aromatic rings. The van der Waals surface area contributed by atoms with Gasteiger partial charge in [-0.3, -0.25) is 9.59 Å². The molecule has 1 aromatic carbocycles. The van der Waals surface area contributed by atoms with Crippen LogP contribution in [0.15, 0.2) is 42.6 Å². The third-order valence-electron chi connectivity index (χ3n) is 3.51.